The smallest absolute Gasteiger partial charge is 0.161 e. The molecule has 100 valence electrons. The van der Waals surface area contributed by atoms with Gasteiger partial charge in [-0.2, -0.15) is 0 Å². The van der Waals surface area contributed by atoms with Crippen molar-refractivity contribution in [3.8, 4) is 11.4 Å². The van der Waals surface area contributed by atoms with Gasteiger partial charge in [0.15, 0.2) is 5.82 Å². The zero-order chi connectivity index (χ0) is 14.0. The fourth-order valence-electron chi connectivity index (χ4n) is 1.90. The first-order valence-electron chi connectivity index (χ1n) is 6.65. The summed E-state index contributed by atoms with van der Waals surface area (Å²) in [4.78, 5) is 9.22. The van der Waals surface area contributed by atoms with Crippen LogP contribution < -0.4 is 5.32 Å². The van der Waals surface area contributed by atoms with E-state index in [1.54, 1.807) is 0 Å². The van der Waals surface area contributed by atoms with E-state index in [0.29, 0.717) is 5.92 Å². The van der Waals surface area contributed by atoms with Crippen LogP contribution >= 0.6 is 0 Å². The van der Waals surface area contributed by atoms with Gasteiger partial charge in [-0.05, 0) is 37.0 Å². The maximum atomic E-state index is 4.67. The zero-order valence-corrected chi connectivity index (χ0v) is 12.3. The van der Waals surface area contributed by atoms with Crippen molar-refractivity contribution in [2.24, 2.45) is 0 Å². The molecule has 2 aromatic rings. The van der Waals surface area contributed by atoms with Crippen LogP contribution in [0.25, 0.3) is 11.4 Å². The zero-order valence-electron chi connectivity index (χ0n) is 12.3. The number of anilines is 1. The molecule has 1 aromatic heterocycles. The Bertz CT molecular complexity index is 589. The molecule has 0 unspecified atom stereocenters. The van der Waals surface area contributed by atoms with Gasteiger partial charge in [0.1, 0.15) is 5.82 Å². The van der Waals surface area contributed by atoms with Crippen LogP contribution in [0.4, 0.5) is 5.82 Å². The fraction of sp³-hybridized carbons (Fsp3) is 0.375. The first kappa shape index (κ1) is 13.5. The first-order valence-corrected chi connectivity index (χ1v) is 6.65. The van der Waals surface area contributed by atoms with E-state index in [-0.39, 0.29) is 0 Å². The Morgan fingerprint density at radius 2 is 1.74 bits per heavy atom. The summed E-state index contributed by atoms with van der Waals surface area (Å²) in [5.74, 6) is 2.05. The third-order valence-electron chi connectivity index (χ3n) is 3.36. The van der Waals surface area contributed by atoms with Gasteiger partial charge in [-0.3, -0.25) is 0 Å². The Morgan fingerprint density at radius 1 is 1.00 bits per heavy atom. The molecule has 1 aromatic carbocycles. The van der Waals surface area contributed by atoms with E-state index in [4.69, 9.17) is 0 Å². The Labute approximate surface area is 115 Å². The number of nitrogens with zero attached hydrogens (tertiary/aromatic N) is 2. The molecule has 0 bridgehead atoms. The number of rotatable bonds is 3. The van der Waals surface area contributed by atoms with E-state index in [1.807, 2.05) is 13.1 Å². The highest BCUT2D eigenvalue weighted by atomic mass is 15.0. The number of aromatic nitrogens is 2. The average Bonchev–Trinajstić information content (AvgIpc) is 2.41. The van der Waals surface area contributed by atoms with Gasteiger partial charge < -0.3 is 5.32 Å². The summed E-state index contributed by atoms with van der Waals surface area (Å²) in [6, 6.07) is 8.36. The topological polar surface area (TPSA) is 37.8 Å². The van der Waals surface area contributed by atoms with E-state index in [0.717, 1.165) is 22.9 Å². The highest BCUT2D eigenvalue weighted by Gasteiger charge is 2.09. The van der Waals surface area contributed by atoms with Crippen LogP contribution in [0.3, 0.4) is 0 Å². The number of hydrogen-bond acceptors (Lipinski definition) is 3. The molecule has 1 N–H and O–H groups in total. The van der Waals surface area contributed by atoms with Gasteiger partial charge in [0.2, 0.25) is 0 Å². The lowest BCUT2D eigenvalue weighted by molar-refractivity contribution is 0.817. The van der Waals surface area contributed by atoms with Crippen molar-refractivity contribution in [3.63, 3.8) is 0 Å². The van der Waals surface area contributed by atoms with E-state index in [2.05, 4.69) is 61.2 Å². The summed E-state index contributed by atoms with van der Waals surface area (Å²) in [5, 5.41) is 3.11. The highest BCUT2D eigenvalue weighted by Crippen LogP contribution is 2.23. The molecule has 0 amide bonds. The summed E-state index contributed by atoms with van der Waals surface area (Å²) in [6.45, 7) is 8.52. The Morgan fingerprint density at radius 3 is 2.32 bits per heavy atom. The Balaban J connectivity index is 2.54. The second-order valence-corrected chi connectivity index (χ2v) is 5.21. The van der Waals surface area contributed by atoms with E-state index in [9.17, 15) is 0 Å². The van der Waals surface area contributed by atoms with E-state index < -0.39 is 0 Å². The molecule has 3 heteroatoms. The molecule has 0 radical (unpaired) electrons. The maximum Gasteiger partial charge on any atom is 0.161 e. The van der Waals surface area contributed by atoms with E-state index >= 15 is 0 Å². The molecule has 0 fully saturated rings. The van der Waals surface area contributed by atoms with Gasteiger partial charge >= 0.3 is 0 Å². The summed E-state index contributed by atoms with van der Waals surface area (Å²) in [5.41, 5.74) is 4.69. The Kier molecular flexibility index (Phi) is 3.84. The molecule has 0 atom stereocenters. The first-order chi connectivity index (χ1) is 9.01. The van der Waals surface area contributed by atoms with Crippen molar-refractivity contribution in [2.75, 3.05) is 12.4 Å². The van der Waals surface area contributed by atoms with Crippen LogP contribution in [0.5, 0.6) is 0 Å². The summed E-state index contributed by atoms with van der Waals surface area (Å²) < 4.78 is 0. The van der Waals surface area contributed by atoms with Crippen LogP contribution in [0.2, 0.25) is 0 Å². The maximum absolute atomic E-state index is 4.67. The largest absolute Gasteiger partial charge is 0.373 e. The molecule has 0 spiro atoms. The molecular formula is C16H21N3. The van der Waals surface area contributed by atoms with Crippen molar-refractivity contribution in [1.82, 2.24) is 9.97 Å². The molecular weight excluding hydrogens is 234 g/mol. The average molecular weight is 255 g/mol. The molecule has 0 aliphatic heterocycles. The lowest BCUT2D eigenvalue weighted by atomic mass is 10.1. The lowest BCUT2D eigenvalue weighted by Gasteiger charge is -2.11. The SMILES string of the molecule is CNc1cc(C(C)C)nc(-c2ccc(C)c(C)c2)n1. The second kappa shape index (κ2) is 5.39. The van der Waals surface area contributed by atoms with Crippen molar-refractivity contribution in [1.29, 1.82) is 0 Å². The molecule has 0 saturated carbocycles. The Hall–Kier alpha value is -1.90. The van der Waals surface area contributed by atoms with Gasteiger partial charge in [-0.15, -0.1) is 0 Å². The minimum absolute atomic E-state index is 0.389. The summed E-state index contributed by atoms with van der Waals surface area (Å²) in [7, 11) is 1.89. The molecule has 1 heterocycles. The van der Waals surface area contributed by atoms with Crippen LogP contribution in [-0.2, 0) is 0 Å². The molecule has 0 aliphatic rings. The third-order valence-corrected chi connectivity index (χ3v) is 3.36. The monoisotopic (exact) mass is 255 g/mol. The predicted molar refractivity (Wildman–Crippen MR) is 80.6 cm³/mol. The molecule has 0 saturated heterocycles. The highest BCUT2D eigenvalue weighted by molar-refractivity contribution is 5.59. The van der Waals surface area contributed by atoms with Gasteiger partial charge in [-0.25, -0.2) is 9.97 Å². The van der Waals surface area contributed by atoms with Crippen LogP contribution in [-0.4, -0.2) is 17.0 Å². The molecule has 0 aliphatic carbocycles. The predicted octanol–water partition coefficient (Wildman–Crippen LogP) is 3.93. The van der Waals surface area contributed by atoms with Crippen LogP contribution in [0.1, 0.15) is 36.6 Å². The minimum atomic E-state index is 0.389. The molecule has 2 rings (SSSR count). The summed E-state index contributed by atoms with van der Waals surface area (Å²) >= 11 is 0. The number of aryl methyl sites for hydroxylation is 2. The van der Waals surface area contributed by atoms with Crippen LogP contribution in [0, 0.1) is 13.8 Å². The second-order valence-electron chi connectivity index (χ2n) is 5.21. The quantitative estimate of drug-likeness (QED) is 0.903. The van der Waals surface area contributed by atoms with Gasteiger partial charge in [0, 0.05) is 24.4 Å². The minimum Gasteiger partial charge on any atom is -0.373 e. The van der Waals surface area contributed by atoms with Crippen molar-refractivity contribution in [2.45, 2.75) is 33.6 Å². The van der Waals surface area contributed by atoms with Gasteiger partial charge in [0.25, 0.3) is 0 Å². The van der Waals surface area contributed by atoms with Gasteiger partial charge in [0.05, 0.1) is 0 Å². The number of nitrogens with one attached hydrogen (secondary N) is 1. The van der Waals surface area contributed by atoms with Crippen LogP contribution in [0.15, 0.2) is 24.3 Å². The molecule has 19 heavy (non-hydrogen) atoms. The molecule has 3 nitrogen and oxygen atoms in total. The standard InChI is InChI=1S/C16H21N3/c1-10(2)14-9-15(17-5)19-16(18-14)13-7-6-11(3)12(4)8-13/h6-10H,1-5H3,(H,17,18,19). The van der Waals surface area contributed by atoms with Gasteiger partial charge in [-0.1, -0.05) is 26.0 Å². The van der Waals surface area contributed by atoms with Crippen molar-refractivity contribution >= 4 is 5.82 Å². The fourth-order valence-corrected chi connectivity index (χ4v) is 1.90. The summed E-state index contributed by atoms with van der Waals surface area (Å²) in [6.07, 6.45) is 0. The lowest BCUT2D eigenvalue weighted by Crippen LogP contribution is -2.02. The normalized spacial score (nSPS) is 10.8. The van der Waals surface area contributed by atoms with Crippen molar-refractivity contribution < 1.29 is 0 Å². The number of benzene rings is 1. The number of hydrogen-bond donors (Lipinski definition) is 1. The van der Waals surface area contributed by atoms with Crippen molar-refractivity contribution in [3.05, 3.63) is 41.1 Å². The van der Waals surface area contributed by atoms with E-state index in [1.165, 1.54) is 11.1 Å². The third kappa shape index (κ3) is 2.92.